The molecule has 3 rings (SSSR count). The lowest BCUT2D eigenvalue weighted by Crippen LogP contribution is -2.38. The molecule has 30 heavy (non-hydrogen) atoms. The van der Waals surface area contributed by atoms with Crippen molar-refractivity contribution in [1.82, 2.24) is 10.6 Å². The standard InChI is InChI=1S/C19H19F4N3O3.HI/c1-24-19(25-5-4-11-6-13(20)2-3-14(11)21)26-9-12-7-16-17(28-10-27-16)8-15(12)29-18(22)23;/h2-3,6-8,18H,4-5,9-10H2,1H3,(H2,24,25,26);1H. The number of nitrogens with one attached hydrogen (secondary N) is 2. The highest BCUT2D eigenvalue weighted by Gasteiger charge is 2.20. The summed E-state index contributed by atoms with van der Waals surface area (Å²) in [6.45, 7) is -2.61. The molecule has 0 bridgehead atoms. The first kappa shape index (κ1) is 23.8. The Balaban J connectivity index is 0.00000320. The van der Waals surface area contributed by atoms with E-state index in [2.05, 4.69) is 20.4 Å². The van der Waals surface area contributed by atoms with Gasteiger partial charge in [-0.15, -0.1) is 24.0 Å². The minimum atomic E-state index is -2.99. The number of hydrogen-bond donors (Lipinski definition) is 2. The van der Waals surface area contributed by atoms with Crippen molar-refractivity contribution >= 4 is 29.9 Å². The lowest BCUT2D eigenvalue weighted by atomic mass is 10.1. The molecule has 2 aromatic rings. The number of nitrogens with zero attached hydrogens (tertiary/aromatic N) is 1. The molecule has 1 heterocycles. The molecule has 0 unspecified atom stereocenters. The van der Waals surface area contributed by atoms with Crippen molar-refractivity contribution in [1.29, 1.82) is 0 Å². The molecule has 2 N–H and O–H groups in total. The summed E-state index contributed by atoms with van der Waals surface area (Å²) in [7, 11) is 1.52. The summed E-state index contributed by atoms with van der Waals surface area (Å²) >= 11 is 0. The van der Waals surface area contributed by atoms with Crippen LogP contribution < -0.4 is 24.8 Å². The van der Waals surface area contributed by atoms with Crippen LogP contribution in [0.4, 0.5) is 17.6 Å². The largest absolute Gasteiger partial charge is 0.454 e. The number of fused-ring (bicyclic) bond motifs is 1. The molecule has 11 heteroatoms. The Morgan fingerprint density at radius 3 is 2.53 bits per heavy atom. The molecule has 0 radical (unpaired) electrons. The van der Waals surface area contributed by atoms with Crippen LogP contribution in [0.1, 0.15) is 11.1 Å². The first-order chi connectivity index (χ1) is 14.0. The molecule has 0 atom stereocenters. The highest BCUT2D eigenvalue weighted by Crippen LogP contribution is 2.38. The first-order valence-electron chi connectivity index (χ1n) is 8.72. The van der Waals surface area contributed by atoms with E-state index in [0.717, 1.165) is 18.2 Å². The number of guanidine groups is 1. The summed E-state index contributed by atoms with van der Waals surface area (Å²) in [6, 6.07) is 6.14. The van der Waals surface area contributed by atoms with Crippen LogP contribution in [-0.2, 0) is 13.0 Å². The van der Waals surface area contributed by atoms with E-state index in [1.807, 2.05) is 0 Å². The Kier molecular flexibility index (Phi) is 8.81. The van der Waals surface area contributed by atoms with Gasteiger partial charge in [0.15, 0.2) is 17.5 Å². The van der Waals surface area contributed by atoms with Crippen LogP contribution in [0.25, 0.3) is 0 Å². The lowest BCUT2D eigenvalue weighted by Gasteiger charge is -2.15. The van der Waals surface area contributed by atoms with Crippen LogP contribution in [0.5, 0.6) is 17.2 Å². The van der Waals surface area contributed by atoms with Gasteiger partial charge in [0.25, 0.3) is 0 Å². The Bertz CT molecular complexity index is 900. The molecule has 6 nitrogen and oxygen atoms in total. The van der Waals surface area contributed by atoms with Gasteiger partial charge >= 0.3 is 6.61 Å². The number of benzene rings is 2. The third kappa shape index (κ3) is 6.28. The zero-order chi connectivity index (χ0) is 20.8. The molecule has 164 valence electrons. The summed E-state index contributed by atoms with van der Waals surface area (Å²) < 4.78 is 67.3. The minimum Gasteiger partial charge on any atom is -0.454 e. The van der Waals surface area contributed by atoms with Crippen LogP contribution in [0.15, 0.2) is 35.3 Å². The zero-order valence-corrected chi connectivity index (χ0v) is 18.2. The predicted molar refractivity (Wildman–Crippen MR) is 113 cm³/mol. The van der Waals surface area contributed by atoms with Gasteiger partial charge in [-0.2, -0.15) is 8.78 Å². The second kappa shape index (κ2) is 11.1. The third-order valence-electron chi connectivity index (χ3n) is 4.14. The Morgan fingerprint density at radius 2 is 1.83 bits per heavy atom. The van der Waals surface area contributed by atoms with Crippen molar-refractivity contribution in [2.75, 3.05) is 20.4 Å². The number of hydrogen-bond acceptors (Lipinski definition) is 4. The van der Waals surface area contributed by atoms with Gasteiger partial charge in [-0.25, -0.2) is 8.78 Å². The maximum atomic E-state index is 13.7. The fraction of sp³-hybridized carbons (Fsp3) is 0.316. The monoisotopic (exact) mass is 541 g/mol. The van der Waals surface area contributed by atoms with E-state index in [4.69, 9.17) is 9.47 Å². The normalized spacial score (nSPS) is 12.5. The summed E-state index contributed by atoms with van der Waals surface area (Å²) in [5.74, 6) is 0.0389. The van der Waals surface area contributed by atoms with Crippen molar-refractivity contribution < 1.29 is 31.8 Å². The molecule has 0 saturated heterocycles. The molecule has 0 amide bonds. The maximum Gasteiger partial charge on any atom is 0.387 e. The summed E-state index contributed by atoms with van der Waals surface area (Å²) in [6.07, 6.45) is 0.230. The van der Waals surface area contributed by atoms with E-state index >= 15 is 0 Å². The lowest BCUT2D eigenvalue weighted by molar-refractivity contribution is -0.0505. The second-order valence-corrected chi connectivity index (χ2v) is 6.03. The van der Waals surface area contributed by atoms with Gasteiger partial charge < -0.3 is 24.8 Å². The van der Waals surface area contributed by atoms with Crippen LogP contribution in [0.3, 0.4) is 0 Å². The molecular formula is C19H20F4IN3O3. The zero-order valence-electron chi connectivity index (χ0n) is 15.9. The molecule has 1 aliphatic rings. The van der Waals surface area contributed by atoms with E-state index in [1.165, 1.54) is 13.1 Å². The third-order valence-corrected chi connectivity index (χ3v) is 4.14. The van der Waals surface area contributed by atoms with Crippen LogP contribution in [0.2, 0.25) is 0 Å². The molecule has 0 saturated carbocycles. The van der Waals surface area contributed by atoms with Crippen molar-refractivity contribution in [3.63, 3.8) is 0 Å². The van der Waals surface area contributed by atoms with Gasteiger partial charge in [0.1, 0.15) is 17.4 Å². The van der Waals surface area contributed by atoms with Gasteiger partial charge in [0.2, 0.25) is 6.79 Å². The van der Waals surface area contributed by atoms with Gasteiger partial charge in [-0.3, -0.25) is 4.99 Å². The highest BCUT2D eigenvalue weighted by atomic mass is 127. The number of rotatable bonds is 7. The maximum absolute atomic E-state index is 13.7. The molecule has 0 fully saturated rings. The molecule has 1 aliphatic heterocycles. The fourth-order valence-electron chi connectivity index (χ4n) is 2.76. The predicted octanol–water partition coefficient (Wildman–Crippen LogP) is 3.82. The Labute approximate surface area is 187 Å². The van der Waals surface area contributed by atoms with Gasteiger partial charge in [-0.1, -0.05) is 0 Å². The Hall–Kier alpha value is -2.44. The highest BCUT2D eigenvalue weighted by molar-refractivity contribution is 14.0. The number of ether oxygens (including phenoxy) is 3. The fourth-order valence-corrected chi connectivity index (χ4v) is 2.76. The van der Waals surface area contributed by atoms with E-state index < -0.39 is 18.2 Å². The summed E-state index contributed by atoms with van der Waals surface area (Å²) in [5.41, 5.74) is 0.644. The van der Waals surface area contributed by atoms with Gasteiger partial charge in [0.05, 0.1) is 0 Å². The average molecular weight is 541 g/mol. The van der Waals surface area contributed by atoms with Crippen molar-refractivity contribution in [2.45, 2.75) is 19.6 Å². The van der Waals surface area contributed by atoms with E-state index in [-0.39, 0.29) is 61.6 Å². The number of halogens is 5. The number of aliphatic imine (C=N–C) groups is 1. The molecule has 0 aliphatic carbocycles. The topological polar surface area (TPSA) is 64.1 Å². The Morgan fingerprint density at radius 1 is 1.10 bits per heavy atom. The summed E-state index contributed by atoms with van der Waals surface area (Å²) in [4.78, 5) is 4.02. The number of alkyl halides is 2. The quantitative estimate of drug-likeness (QED) is 0.242. The van der Waals surface area contributed by atoms with Crippen LogP contribution in [0, 0.1) is 11.6 Å². The second-order valence-electron chi connectivity index (χ2n) is 6.03. The van der Waals surface area contributed by atoms with E-state index in [9.17, 15) is 17.6 Å². The average Bonchev–Trinajstić information content (AvgIpc) is 3.13. The van der Waals surface area contributed by atoms with Crippen LogP contribution >= 0.6 is 24.0 Å². The summed E-state index contributed by atoms with van der Waals surface area (Å²) in [5, 5.41) is 5.90. The smallest absolute Gasteiger partial charge is 0.387 e. The van der Waals surface area contributed by atoms with Gasteiger partial charge in [0, 0.05) is 31.8 Å². The first-order valence-corrected chi connectivity index (χ1v) is 8.72. The van der Waals surface area contributed by atoms with Crippen LogP contribution in [-0.4, -0.2) is 33.0 Å². The minimum absolute atomic E-state index is 0. The molecule has 2 aromatic carbocycles. The van der Waals surface area contributed by atoms with E-state index in [1.54, 1.807) is 6.07 Å². The van der Waals surface area contributed by atoms with Crippen molar-refractivity contribution in [2.24, 2.45) is 4.99 Å². The van der Waals surface area contributed by atoms with Gasteiger partial charge in [-0.05, 0) is 36.2 Å². The SMILES string of the molecule is CN=C(NCCc1cc(F)ccc1F)NCc1cc2c(cc1OC(F)F)OCO2.I. The van der Waals surface area contributed by atoms with Crippen molar-refractivity contribution in [3.05, 3.63) is 53.1 Å². The molecule has 0 spiro atoms. The molecular weight excluding hydrogens is 521 g/mol. The van der Waals surface area contributed by atoms with E-state index in [0.29, 0.717) is 23.0 Å². The van der Waals surface area contributed by atoms with Crippen molar-refractivity contribution in [3.8, 4) is 17.2 Å². The molecule has 0 aromatic heterocycles.